The van der Waals surface area contributed by atoms with Crippen LogP contribution in [0.1, 0.15) is 27.2 Å². The highest BCUT2D eigenvalue weighted by atomic mass is 16.4. The SMILES string of the molecule is C=CCNC(=O)NC(CC(=O)O)C(C)(C)C. The average Bonchev–Trinajstić information content (AvgIpc) is 2.11. The molecule has 0 aliphatic heterocycles. The van der Waals surface area contributed by atoms with Gasteiger partial charge >= 0.3 is 12.0 Å². The minimum Gasteiger partial charge on any atom is -0.481 e. The largest absolute Gasteiger partial charge is 0.481 e. The molecule has 0 aliphatic carbocycles. The molecule has 0 fully saturated rings. The summed E-state index contributed by atoms with van der Waals surface area (Å²) in [5, 5.41) is 13.9. The molecule has 2 amide bonds. The molecule has 0 aromatic heterocycles. The van der Waals surface area contributed by atoms with Gasteiger partial charge in [0.25, 0.3) is 0 Å². The van der Waals surface area contributed by atoms with Gasteiger partial charge in [0.1, 0.15) is 0 Å². The van der Waals surface area contributed by atoms with Gasteiger partial charge in [0, 0.05) is 12.6 Å². The Morgan fingerprint density at radius 3 is 2.38 bits per heavy atom. The van der Waals surface area contributed by atoms with Crippen molar-refractivity contribution in [2.75, 3.05) is 6.54 Å². The van der Waals surface area contributed by atoms with Crippen LogP contribution in [0.5, 0.6) is 0 Å². The lowest BCUT2D eigenvalue weighted by atomic mass is 9.85. The van der Waals surface area contributed by atoms with Crippen LogP contribution in [0, 0.1) is 5.41 Å². The molecule has 0 aromatic carbocycles. The number of nitrogens with one attached hydrogen (secondary N) is 2. The molecule has 0 aromatic rings. The molecule has 1 unspecified atom stereocenters. The number of carboxylic acid groups (broad SMARTS) is 1. The lowest BCUT2D eigenvalue weighted by Gasteiger charge is -2.30. The van der Waals surface area contributed by atoms with Crippen LogP contribution in [0.25, 0.3) is 0 Å². The van der Waals surface area contributed by atoms with E-state index in [2.05, 4.69) is 17.2 Å². The first-order valence-corrected chi connectivity index (χ1v) is 5.14. The van der Waals surface area contributed by atoms with Crippen LogP contribution in [0.3, 0.4) is 0 Å². The molecule has 0 saturated carbocycles. The monoisotopic (exact) mass is 228 g/mol. The third kappa shape index (κ3) is 6.06. The first-order valence-electron chi connectivity index (χ1n) is 5.14. The number of amides is 2. The second kappa shape index (κ2) is 6.15. The molecule has 0 bridgehead atoms. The maximum Gasteiger partial charge on any atom is 0.315 e. The van der Waals surface area contributed by atoms with Gasteiger partial charge in [-0.3, -0.25) is 4.79 Å². The Morgan fingerprint density at radius 2 is 2.00 bits per heavy atom. The van der Waals surface area contributed by atoms with Gasteiger partial charge < -0.3 is 15.7 Å². The zero-order valence-corrected chi connectivity index (χ0v) is 10.0. The van der Waals surface area contributed by atoms with Gasteiger partial charge in [-0.25, -0.2) is 4.79 Å². The fraction of sp³-hybridized carbons (Fsp3) is 0.636. The number of hydrogen-bond donors (Lipinski definition) is 3. The van der Waals surface area contributed by atoms with Crippen LogP contribution in [0.15, 0.2) is 12.7 Å². The van der Waals surface area contributed by atoms with Crippen molar-refractivity contribution in [1.29, 1.82) is 0 Å². The summed E-state index contributed by atoms with van der Waals surface area (Å²) in [4.78, 5) is 22.0. The third-order valence-electron chi connectivity index (χ3n) is 2.14. The van der Waals surface area contributed by atoms with Gasteiger partial charge in [0.2, 0.25) is 0 Å². The van der Waals surface area contributed by atoms with Crippen LogP contribution in [-0.4, -0.2) is 29.7 Å². The average molecular weight is 228 g/mol. The highest BCUT2D eigenvalue weighted by Gasteiger charge is 2.28. The predicted molar refractivity (Wildman–Crippen MR) is 62.2 cm³/mol. The molecule has 0 saturated heterocycles. The van der Waals surface area contributed by atoms with Crippen LogP contribution in [-0.2, 0) is 4.79 Å². The molecule has 0 radical (unpaired) electrons. The second-order valence-corrected chi connectivity index (χ2v) is 4.66. The molecule has 1 atom stereocenters. The predicted octanol–water partition coefficient (Wildman–Crippen LogP) is 1.36. The van der Waals surface area contributed by atoms with E-state index in [1.807, 2.05) is 20.8 Å². The van der Waals surface area contributed by atoms with Crippen molar-refractivity contribution in [3.05, 3.63) is 12.7 Å². The number of carbonyl (C=O) groups excluding carboxylic acids is 1. The van der Waals surface area contributed by atoms with Gasteiger partial charge in [0.15, 0.2) is 0 Å². The molecule has 3 N–H and O–H groups in total. The zero-order chi connectivity index (χ0) is 12.8. The first-order chi connectivity index (χ1) is 7.27. The number of aliphatic carboxylic acids is 1. The van der Waals surface area contributed by atoms with E-state index in [1.165, 1.54) is 0 Å². The van der Waals surface area contributed by atoms with Crippen molar-refractivity contribution in [2.45, 2.75) is 33.2 Å². The summed E-state index contributed by atoms with van der Waals surface area (Å²) in [5.41, 5.74) is -0.302. The standard InChI is InChI=1S/C11H20N2O3/c1-5-6-12-10(16)13-8(7-9(14)15)11(2,3)4/h5,8H,1,6-7H2,2-4H3,(H,14,15)(H2,12,13,16). The van der Waals surface area contributed by atoms with Gasteiger partial charge in [-0.1, -0.05) is 26.8 Å². The first kappa shape index (κ1) is 14.5. The normalized spacial score (nSPS) is 12.7. The van der Waals surface area contributed by atoms with E-state index in [0.717, 1.165) is 0 Å². The Labute approximate surface area is 95.9 Å². The Balaban J connectivity index is 4.37. The Bertz CT molecular complexity index is 269. The minimum atomic E-state index is -0.927. The smallest absolute Gasteiger partial charge is 0.315 e. The number of carbonyl (C=O) groups is 2. The van der Waals surface area contributed by atoms with Crippen molar-refractivity contribution in [3.63, 3.8) is 0 Å². The quantitative estimate of drug-likeness (QED) is 0.622. The summed E-state index contributed by atoms with van der Waals surface area (Å²) >= 11 is 0. The Kier molecular flexibility index (Phi) is 5.56. The molecule has 0 aliphatic rings. The highest BCUT2D eigenvalue weighted by molar-refractivity contribution is 5.76. The van der Waals surface area contributed by atoms with Crippen molar-refractivity contribution in [1.82, 2.24) is 10.6 Å². The van der Waals surface area contributed by atoms with E-state index >= 15 is 0 Å². The lowest BCUT2D eigenvalue weighted by molar-refractivity contribution is -0.138. The highest BCUT2D eigenvalue weighted by Crippen LogP contribution is 2.21. The van der Waals surface area contributed by atoms with Crippen molar-refractivity contribution in [3.8, 4) is 0 Å². The summed E-state index contributed by atoms with van der Waals surface area (Å²) < 4.78 is 0. The maximum absolute atomic E-state index is 11.4. The molecule has 5 heteroatoms. The van der Waals surface area contributed by atoms with E-state index in [1.54, 1.807) is 6.08 Å². The molecule has 0 heterocycles. The molecule has 0 spiro atoms. The van der Waals surface area contributed by atoms with E-state index in [0.29, 0.717) is 6.54 Å². The van der Waals surface area contributed by atoms with Gasteiger partial charge in [-0.15, -0.1) is 6.58 Å². The summed E-state index contributed by atoms with van der Waals surface area (Å²) in [6, 6.07) is -0.782. The molecular weight excluding hydrogens is 208 g/mol. The van der Waals surface area contributed by atoms with Crippen molar-refractivity contribution < 1.29 is 14.7 Å². The lowest BCUT2D eigenvalue weighted by Crippen LogP contribution is -2.49. The van der Waals surface area contributed by atoms with E-state index < -0.39 is 12.0 Å². The summed E-state index contributed by atoms with van der Waals surface area (Å²) in [5.74, 6) is -0.927. The summed E-state index contributed by atoms with van der Waals surface area (Å²) in [7, 11) is 0. The third-order valence-corrected chi connectivity index (χ3v) is 2.14. The van der Waals surface area contributed by atoms with Gasteiger partial charge in [0.05, 0.1) is 6.42 Å². The molecule has 5 nitrogen and oxygen atoms in total. The number of urea groups is 1. The Morgan fingerprint density at radius 1 is 1.44 bits per heavy atom. The Hall–Kier alpha value is -1.52. The molecule has 16 heavy (non-hydrogen) atoms. The fourth-order valence-corrected chi connectivity index (χ4v) is 1.12. The van der Waals surface area contributed by atoms with Gasteiger partial charge in [-0.2, -0.15) is 0 Å². The van der Waals surface area contributed by atoms with Crippen LogP contribution in [0.2, 0.25) is 0 Å². The topological polar surface area (TPSA) is 78.4 Å². The summed E-state index contributed by atoms with van der Waals surface area (Å²) in [6.07, 6.45) is 1.47. The fourth-order valence-electron chi connectivity index (χ4n) is 1.12. The van der Waals surface area contributed by atoms with Crippen LogP contribution in [0.4, 0.5) is 4.79 Å². The van der Waals surface area contributed by atoms with Crippen LogP contribution < -0.4 is 10.6 Å². The number of hydrogen-bond acceptors (Lipinski definition) is 2. The van der Waals surface area contributed by atoms with Crippen molar-refractivity contribution >= 4 is 12.0 Å². The van der Waals surface area contributed by atoms with E-state index in [9.17, 15) is 9.59 Å². The van der Waals surface area contributed by atoms with E-state index in [-0.39, 0.29) is 17.9 Å². The summed E-state index contributed by atoms with van der Waals surface area (Å²) in [6.45, 7) is 9.48. The van der Waals surface area contributed by atoms with Crippen LogP contribution >= 0.6 is 0 Å². The minimum absolute atomic E-state index is 0.0923. The molecule has 0 rings (SSSR count). The second-order valence-electron chi connectivity index (χ2n) is 4.66. The van der Waals surface area contributed by atoms with Crippen molar-refractivity contribution in [2.24, 2.45) is 5.41 Å². The molecular formula is C11H20N2O3. The van der Waals surface area contributed by atoms with E-state index in [4.69, 9.17) is 5.11 Å². The molecule has 92 valence electrons. The van der Waals surface area contributed by atoms with Gasteiger partial charge in [-0.05, 0) is 5.41 Å². The number of carboxylic acids is 1. The zero-order valence-electron chi connectivity index (χ0n) is 10.0. The number of rotatable bonds is 5. The maximum atomic E-state index is 11.4.